The smallest absolute Gasteiger partial charge is 0.254 e. The van der Waals surface area contributed by atoms with E-state index in [9.17, 15) is 4.79 Å². The number of rotatable bonds is 1. The van der Waals surface area contributed by atoms with E-state index in [2.05, 4.69) is 51.0 Å². The molecule has 1 N–H and O–H groups in total. The van der Waals surface area contributed by atoms with Crippen molar-refractivity contribution in [1.29, 1.82) is 0 Å². The van der Waals surface area contributed by atoms with Crippen LogP contribution < -0.4 is 5.32 Å². The molecule has 0 atom stereocenters. The molecule has 0 bridgehead atoms. The maximum absolute atomic E-state index is 12.6. The molecule has 0 unspecified atom stereocenters. The van der Waals surface area contributed by atoms with Crippen LogP contribution in [0.3, 0.4) is 0 Å². The molecular weight excluding hydrogens is 360 g/mol. The van der Waals surface area contributed by atoms with Crippen LogP contribution in [0, 0.1) is 0 Å². The van der Waals surface area contributed by atoms with Gasteiger partial charge in [-0.05, 0) is 32.0 Å². The summed E-state index contributed by atoms with van der Waals surface area (Å²) >= 11 is 6.84. The van der Waals surface area contributed by atoms with Gasteiger partial charge in [0.25, 0.3) is 5.91 Å². The number of hydrogen-bond donors (Lipinski definition) is 1. The van der Waals surface area contributed by atoms with Crippen LogP contribution in [0.5, 0.6) is 0 Å². The summed E-state index contributed by atoms with van der Waals surface area (Å²) in [5.41, 5.74) is 0.565. The van der Waals surface area contributed by atoms with Gasteiger partial charge in [-0.2, -0.15) is 0 Å². The minimum atomic E-state index is -0.149. The number of nitrogens with one attached hydrogen (secondary N) is 1. The molecule has 18 heavy (non-hydrogen) atoms. The van der Waals surface area contributed by atoms with E-state index in [1.165, 1.54) is 0 Å². The molecule has 1 fully saturated rings. The summed E-state index contributed by atoms with van der Waals surface area (Å²) in [6.07, 6.45) is 0. The average molecular weight is 376 g/mol. The molecule has 1 aromatic rings. The first-order valence-electron chi connectivity index (χ1n) is 5.89. The Hall–Kier alpha value is -0.390. The third-order valence-corrected chi connectivity index (χ3v) is 4.07. The number of piperazine rings is 1. The lowest BCUT2D eigenvalue weighted by Gasteiger charge is -2.42. The summed E-state index contributed by atoms with van der Waals surface area (Å²) < 4.78 is 1.82. The number of nitrogens with zero attached hydrogens (tertiary/aromatic N) is 1. The molecule has 1 aliphatic rings. The lowest BCUT2D eigenvalue weighted by Crippen LogP contribution is -2.59. The summed E-state index contributed by atoms with van der Waals surface area (Å²) in [6.45, 7) is 6.60. The predicted octanol–water partition coefficient (Wildman–Crippen LogP) is 3.04. The van der Waals surface area contributed by atoms with Crippen molar-refractivity contribution in [3.8, 4) is 0 Å². The summed E-state index contributed by atoms with van der Waals surface area (Å²) in [6, 6.07) is 5.66. The third kappa shape index (κ3) is 2.95. The van der Waals surface area contributed by atoms with E-state index in [4.69, 9.17) is 0 Å². The summed E-state index contributed by atoms with van der Waals surface area (Å²) in [5.74, 6) is 0.0866. The molecule has 1 heterocycles. The van der Waals surface area contributed by atoms with Crippen LogP contribution in [0.25, 0.3) is 0 Å². The lowest BCUT2D eigenvalue weighted by molar-refractivity contribution is 0.0477. The van der Waals surface area contributed by atoms with Gasteiger partial charge in [-0.1, -0.05) is 31.9 Å². The Bertz CT molecular complexity index is 454. The van der Waals surface area contributed by atoms with Crippen molar-refractivity contribution in [2.75, 3.05) is 19.6 Å². The fraction of sp³-hybridized carbons (Fsp3) is 0.462. The highest BCUT2D eigenvalue weighted by Gasteiger charge is 2.33. The molecule has 1 aliphatic heterocycles. The molecule has 1 saturated heterocycles. The van der Waals surface area contributed by atoms with Crippen molar-refractivity contribution in [2.45, 2.75) is 19.4 Å². The van der Waals surface area contributed by atoms with E-state index in [0.29, 0.717) is 5.56 Å². The molecule has 98 valence electrons. The van der Waals surface area contributed by atoms with Gasteiger partial charge in [0, 0.05) is 34.1 Å². The van der Waals surface area contributed by atoms with Crippen molar-refractivity contribution in [3.05, 3.63) is 32.7 Å². The highest BCUT2D eigenvalue weighted by molar-refractivity contribution is 9.11. The highest BCUT2D eigenvalue weighted by atomic mass is 79.9. The van der Waals surface area contributed by atoms with Crippen LogP contribution in [-0.4, -0.2) is 36.0 Å². The first-order chi connectivity index (χ1) is 8.40. The van der Waals surface area contributed by atoms with Crippen molar-refractivity contribution < 1.29 is 4.79 Å². The molecule has 0 aromatic heterocycles. The van der Waals surface area contributed by atoms with E-state index in [-0.39, 0.29) is 11.4 Å². The molecular formula is C13H16Br2N2O. The number of carbonyl (C=O) groups excluding carboxylic acids is 1. The number of benzene rings is 1. The van der Waals surface area contributed by atoms with Crippen LogP contribution in [0.4, 0.5) is 0 Å². The second-order valence-corrected chi connectivity index (χ2v) is 6.94. The van der Waals surface area contributed by atoms with Crippen molar-refractivity contribution in [3.63, 3.8) is 0 Å². The van der Waals surface area contributed by atoms with Gasteiger partial charge in [-0.15, -0.1) is 0 Å². The van der Waals surface area contributed by atoms with Gasteiger partial charge < -0.3 is 10.2 Å². The number of carbonyl (C=O) groups is 1. The standard InChI is InChI=1S/C13H16Br2N2O/c1-13(2)8-16-3-4-17(13)12(18)9-5-10(14)7-11(15)6-9/h5-7,16H,3-4,8H2,1-2H3. The first kappa shape index (κ1) is 14.0. The van der Waals surface area contributed by atoms with E-state index >= 15 is 0 Å². The van der Waals surface area contributed by atoms with E-state index in [0.717, 1.165) is 28.6 Å². The molecule has 0 saturated carbocycles. The molecule has 0 radical (unpaired) electrons. The molecule has 0 spiro atoms. The maximum Gasteiger partial charge on any atom is 0.254 e. The second-order valence-electron chi connectivity index (χ2n) is 5.10. The van der Waals surface area contributed by atoms with Crippen molar-refractivity contribution in [1.82, 2.24) is 10.2 Å². The second kappa shape index (κ2) is 5.31. The van der Waals surface area contributed by atoms with Crippen LogP contribution in [0.2, 0.25) is 0 Å². The number of halogens is 2. The maximum atomic E-state index is 12.6. The first-order valence-corrected chi connectivity index (χ1v) is 7.47. The number of amides is 1. The molecule has 2 rings (SSSR count). The molecule has 3 nitrogen and oxygen atoms in total. The van der Waals surface area contributed by atoms with Gasteiger partial charge >= 0.3 is 0 Å². The Morgan fingerprint density at radius 1 is 1.28 bits per heavy atom. The Kier molecular flexibility index (Phi) is 4.14. The predicted molar refractivity (Wildman–Crippen MR) is 79.8 cm³/mol. The zero-order valence-corrected chi connectivity index (χ0v) is 13.6. The Labute approximate surface area is 124 Å². The van der Waals surface area contributed by atoms with Gasteiger partial charge in [0.05, 0.1) is 5.54 Å². The van der Waals surface area contributed by atoms with Gasteiger partial charge in [0.1, 0.15) is 0 Å². The van der Waals surface area contributed by atoms with E-state index in [1.807, 2.05) is 23.1 Å². The van der Waals surface area contributed by atoms with E-state index in [1.54, 1.807) is 0 Å². The largest absolute Gasteiger partial charge is 0.331 e. The normalized spacial score (nSPS) is 18.8. The van der Waals surface area contributed by atoms with Crippen LogP contribution in [-0.2, 0) is 0 Å². The zero-order valence-electron chi connectivity index (χ0n) is 10.5. The van der Waals surface area contributed by atoms with Crippen LogP contribution in [0.15, 0.2) is 27.1 Å². The molecule has 1 amide bonds. The van der Waals surface area contributed by atoms with E-state index < -0.39 is 0 Å². The summed E-state index contributed by atoms with van der Waals surface area (Å²) in [5, 5.41) is 3.32. The fourth-order valence-electron chi connectivity index (χ4n) is 2.19. The molecule has 0 aliphatic carbocycles. The molecule has 5 heteroatoms. The van der Waals surface area contributed by atoms with Crippen LogP contribution >= 0.6 is 31.9 Å². The quantitative estimate of drug-likeness (QED) is 0.818. The SMILES string of the molecule is CC1(C)CNCCN1C(=O)c1cc(Br)cc(Br)c1. The zero-order chi connectivity index (χ0) is 13.3. The fourth-order valence-corrected chi connectivity index (χ4v) is 3.49. The monoisotopic (exact) mass is 374 g/mol. The van der Waals surface area contributed by atoms with Gasteiger partial charge in [0.15, 0.2) is 0 Å². The van der Waals surface area contributed by atoms with Gasteiger partial charge in [-0.3, -0.25) is 4.79 Å². The highest BCUT2D eigenvalue weighted by Crippen LogP contribution is 2.24. The lowest BCUT2D eigenvalue weighted by atomic mass is 9.99. The Morgan fingerprint density at radius 3 is 2.44 bits per heavy atom. The van der Waals surface area contributed by atoms with Crippen LogP contribution in [0.1, 0.15) is 24.2 Å². The third-order valence-electron chi connectivity index (χ3n) is 3.16. The summed E-state index contributed by atoms with van der Waals surface area (Å²) in [7, 11) is 0. The molecule has 1 aromatic carbocycles. The Morgan fingerprint density at radius 2 is 1.89 bits per heavy atom. The number of hydrogen-bond acceptors (Lipinski definition) is 2. The van der Waals surface area contributed by atoms with Crippen molar-refractivity contribution >= 4 is 37.8 Å². The van der Waals surface area contributed by atoms with Crippen molar-refractivity contribution in [2.24, 2.45) is 0 Å². The minimum Gasteiger partial charge on any atom is -0.331 e. The van der Waals surface area contributed by atoms with Gasteiger partial charge in [0.2, 0.25) is 0 Å². The average Bonchev–Trinajstić information content (AvgIpc) is 2.26. The minimum absolute atomic E-state index is 0.0866. The Balaban J connectivity index is 2.30. The topological polar surface area (TPSA) is 32.3 Å². The summed E-state index contributed by atoms with van der Waals surface area (Å²) in [4.78, 5) is 14.5. The van der Waals surface area contributed by atoms with Gasteiger partial charge in [-0.25, -0.2) is 0 Å².